The molecule has 0 saturated heterocycles. The highest BCUT2D eigenvalue weighted by atomic mass is 14.9. The molecule has 0 spiro atoms. The number of nitrogens with one attached hydrogen (secondary N) is 1. The minimum absolute atomic E-state index is 0.454. The number of hydrogen-bond donors (Lipinski definition) is 1. The summed E-state index contributed by atoms with van der Waals surface area (Å²) in [4.78, 5) is 0. The Hall–Kier alpha value is -0.820. The number of rotatable bonds is 4. The van der Waals surface area contributed by atoms with Crippen LogP contribution in [-0.2, 0) is 5.41 Å². The molecule has 1 saturated carbocycles. The summed E-state index contributed by atoms with van der Waals surface area (Å²) in [5.41, 5.74) is 3.45. The van der Waals surface area contributed by atoms with Gasteiger partial charge in [-0.05, 0) is 30.9 Å². The molecule has 1 nitrogen and oxygen atoms in total. The second kappa shape index (κ2) is 3.97. The molecule has 1 aromatic carbocycles. The molecule has 0 aromatic heterocycles. The minimum Gasteiger partial charge on any atom is -0.314 e. The van der Waals surface area contributed by atoms with Crippen molar-refractivity contribution < 1.29 is 0 Å². The van der Waals surface area contributed by atoms with Crippen LogP contribution in [0.25, 0.3) is 0 Å². The molecule has 0 unspecified atom stereocenters. The zero-order chi connectivity index (χ0) is 10.9. The van der Waals surface area contributed by atoms with E-state index >= 15 is 0 Å². The van der Waals surface area contributed by atoms with E-state index in [1.807, 2.05) is 0 Å². The first-order chi connectivity index (χ1) is 7.14. The molecule has 0 atom stereocenters. The van der Waals surface area contributed by atoms with Crippen LogP contribution in [0, 0.1) is 6.92 Å². The van der Waals surface area contributed by atoms with E-state index in [0.29, 0.717) is 11.5 Å². The molecule has 1 N–H and O–H groups in total. The van der Waals surface area contributed by atoms with Gasteiger partial charge in [0.1, 0.15) is 0 Å². The lowest BCUT2D eigenvalue weighted by molar-refractivity contribution is 0.519. The normalized spacial score (nSPS) is 18.1. The van der Waals surface area contributed by atoms with Crippen LogP contribution in [0.5, 0.6) is 0 Å². The van der Waals surface area contributed by atoms with Crippen molar-refractivity contribution in [3.63, 3.8) is 0 Å². The van der Waals surface area contributed by atoms with Crippen molar-refractivity contribution in [2.75, 3.05) is 6.54 Å². The Morgan fingerprint density at radius 2 is 1.93 bits per heavy atom. The summed E-state index contributed by atoms with van der Waals surface area (Å²) in [5, 5.41) is 3.57. The highest BCUT2D eigenvalue weighted by molar-refractivity contribution is 5.38. The molecule has 15 heavy (non-hydrogen) atoms. The Bertz CT molecular complexity index is 337. The SMILES string of the molecule is Cc1ccccc1C1(CNC(C)C)CC1. The summed E-state index contributed by atoms with van der Waals surface area (Å²) in [6.07, 6.45) is 2.69. The molecule has 0 bridgehead atoms. The van der Waals surface area contributed by atoms with Gasteiger partial charge in [-0.2, -0.15) is 0 Å². The van der Waals surface area contributed by atoms with E-state index in [1.165, 1.54) is 18.4 Å². The molecule has 1 aliphatic rings. The highest BCUT2D eigenvalue weighted by Crippen LogP contribution is 2.48. The van der Waals surface area contributed by atoms with Gasteiger partial charge in [-0.25, -0.2) is 0 Å². The molecular formula is C14H21N. The third-order valence-corrected chi connectivity index (χ3v) is 3.42. The van der Waals surface area contributed by atoms with Gasteiger partial charge in [0.2, 0.25) is 0 Å². The molecule has 0 radical (unpaired) electrons. The van der Waals surface area contributed by atoms with E-state index in [-0.39, 0.29) is 0 Å². The smallest absolute Gasteiger partial charge is 0.00811 e. The maximum Gasteiger partial charge on any atom is 0.00811 e. The fraction of sp³-hybridized carbons (Fsp3) is 0.571. The van der Waals surface area contributed by atoms with Crippen LogP contribution in [0.3, 0.4) is 0 Å². The Morgan fingerprint density at radius 3 is 2.47 bits per heavy atom. The third-order valence-electron chi connectivity index (χ3n) is 3.42. The average Bonchev–Trinajstić information content (AvgIpc) is 2.97. The molecule has 1 heteroatoms. The second-order valence-electron chi connectivity index (χ2n) is 5.13. The fourth-order valence-corrected chi connectivity index (χ4v) is 2.26. The Kier molecular flexibility index (Phi) is 2.83. The molecule has 0 amide bonds. The summed E-state index contributed by atoms with van der Waals surface area (Å²) in [6, 6.07) is 9.41. The molecule has 1 aliphatic carbocycles. The van der Waals surface area contributed by atoms with Crippen LogP contribution in [0.4, 0.5) is 0 Å². The van der Waals surface area contributed by atoms with E-state index in [9.17, 15) is 0 Å². The lowest BCUT2D eigenvalue weighted by Crippen LogP contribution is -2.32. The van der Waals surface area contributed by atoms with Gasteiger partial charge in [0.25, 0.3) is 0 Å². The predicted molar refractivity (Wildman–Crippen MR) is 65.2 cm³/mol. The van der Waals surface area contributed by atoms with Gasteiger partial charge in [0, 0.05) is 18.0 Å². The minimum atomic E-state index is 0.454. The Morgan fingerprint density at radius 1 is 1.27 bits per heavy atom. The summed E-state index contributed by atoms with van der Waals surface area (Å²) in [6.45, 7) is 7.79. The molecule has 1 aromatic rings. The van der Waals surface area contributed by atoms with Crippen LogP contribution in [0.1, 0.15) is 37.8 Å². The predicted octanol–water partition coefficient (Wildman–Crippen LogP) is 3.02. The maximum atomic E-state index is 3.57. The molecule has 1 fully saturated rings. The van der Waals surface area contributed by atoms with Crippen molar-refractivity contribution in [3.05, 3.63) is 35.4 Å². The van der Waals surface area contributed by atoms with Gasteiger partial charge >= 0.3 is 0 Å². The Balaban J connectivity index is 2.13. The second-order valence-corrected chi connectivity index (χ2v) is 5.13. The lowest BCUT2D eigenvalue weighted by atomic mass is 9.92. The van der Waals surface area contributed by atoms with Crippen molar-refractivity contribution in [3.8, 4) is 0 Å². The van der Waals surface area contributed by atoms with Gasteiger partial charge in [-0.1, -0.05) is 38.1 Å². The van der Waals surface area contributed by atoms with E-state index in [2.05, 4.69) is 50.4 Å². The van der Waals surface area contributed by atoms with Crippen molar-refractivity contribution in [1.82, 2.24) is 5.32 Å². The first-order valence-corrected chi connectivity index (χ1v) is 5.93. The standard InChI is InChI=1S/C14H21N/c1-11(2)15-10-14(8-9-14)13-7-5-4-6-12(13)3/h4-7,11,15H,8-10H2,1-3H3. The quantitative estimate of drug-likeness (QED) is 0.793. The van der Waals surface area contributed by atoms with Crippen LogP contribution in [0.15, 0.2) is 24.3 Å². The van der Waals surface area contributed by atoms with Gasteiger partial charge in [0.05, 0.1) is 0 Å². The lowest BCUT2D eigenvalue weighted by Gasteiger charge is -2.20. The number of benzene rings is 1. The number of hydrogen-bond acceptors (Lipinski definition) is 1. The molecule has 0 aliphatic heterocycles. The first kappa shape index (κ1) is 10.7. The van der Waals surface area contributed by atoms with Gasteiger partial charge in [-0.3, -0.25) is 0 Å². The van der Waals surface area contributed by atoms with Gasteiger partial charge < -0.3 is 5.32 Å². The highest BCUT2D eigenvalue weighted by Gasteiger charge is 2.44. The molecule has 0 heterocycles. The topological polar surface area (TPSA) is 12.0 Å². The fourth-order valence-electron chi connectivity index (χ4n) is 2.26. The zero-order valence-corrected chi connectivity index (χ0v) is 10.0. The van der Waals surface area contributed by atoms with Crippen molar-refractivity contribution in [2.45, 2.75) is 45.1 Å². The average molecular weight is 203 g/mol. The van der Waals surface area contributed by atoms with Crippen molar-refractivity contribution >= 4 is 0 Å². The van der Waals surface area contributed by atoms with E-state index in [1.54, 1.807) is 5.56 Å². The van der Waals surface area contributed by atoms with Gasteiger partial charge in [0.15, 0.2) is 0 Å². The number of aryl methyl sites for hydroxylation is 1. The van der Waals surface area contributed by atoms with Crippen LogP contribution < -0.4 is 5.32 Å². The summed E-state index contributed by atoms with van der Waals surface area (Å²) >= 11 is 0. The monoisotopic (exact) mass is 203 g/mol. The summed E-state index contributed by atoms with van der Waals surface area (Å²) < 4.78 is 0. The molecule has 82 valence electrons. The third kappa shape index (κ3) is 2.23. The largest absolute Gasteiger partial charge is 0.314 e. The summed E-state index contributed by atoms with van der Waals surface area (Å²) in [7, 11) is 0. The summed E-state index contributed by atoms with van der Waals surface area (Å²) in [5.74, 6) is 0. The molecular weight excluding hydrogens is 182 g/mol. The van der Waals surface area contributed by atoms with E-state index < -0.39 is 0 Å². The first-order valence-electron chi connectivity index (χ1n) is 5.93. The molecule has 2 rings (SSSR count). The van der Waals surface area contributed by atoms with Crippen molar-refractivity contribution in [2.24, 2.45) is 0 Å². The van der Waals surface area contributed by atoms with Crippen LogP contribution >= 0.6 is 0 Å². The van der Waals surface area contributed by atoms with Crippen LogP contribution in [-0.4, -0.2) is 12.6 Å². The zero-order valence-electron chi connectivity index (χ0n) is 10.0. The van der Waals surface area contributed by atoms with Gasteiger partial charge in [-0.15, -0.1) is 0 Å². The maximum absolute atomic E-state index is 3.57. The van der Waals surface area contributed by atoms with E-state index in [4.69, 9.17) is 0 Å². The van der Waals surface area contributed by atoms with Crippen LogP contribution in [0.2, 0.25) is 0 Å². The van der Waals surface area contributed by atoms with E-state index in [0.717, 1.165) is 6.54 Å². The Labute approximate surface area is 92.9 Å². The van der Waals surface area contributed by atoms with Crippen molar-refractivity contribution in [1.29, 1.82) is 0 Å².